The van der Waals surface area contributed by atoms with E-state index in [4.69, 9.17) is 14.2 Å². The molecule has 0 spiro atoms. The number of rotatable bonds is 7. The fourth-order valence-electron chi connectivity index (χ4n) is 4.31. The van der Waals surface area contributed by atoms with Crippen LogP contribution in [0.25, 0.3) is 0 Å². The number of nitrogens with zero attached hydrogens (tertiary/aromatic N) is 3. The summed E-state index contributed by atoms with van der Waals surface area (Å²) in [6.07, 6.45) is 3.13. The number of Topliss-reactive ketones (excluding diaryl/α,β-unsaturated/α-hetero) is 1. The first-order valence-electron chi connectivity index (χ1n) is 12.8. The van der Waals surface area contributed by atoms with Gasteiger partial charge in [0.05, 0.1) is 36.2 Å². The summed E-state index contributed by atoms with van der Waals surface area (Å²) in [4.78, 5) is 41.4. The van der Waals surface area contributed by atoms with Crippen LogP contribution in [0.15, 0.2) is 52.2 Å². The molecule has 0 bridgehead atoms. The predicted molar refractivity (Wildman–Crippen MR) is 149 cm³/mol. The molecule has 218 valence electrons. The van der Waals surface area contributed by atoms with Gasteiger partial charge < -0.3 is 28.1 Å². The smallest absolute Gasteiger partial charge is 0.437 e. The standard InChI is InChI=1S/C29H31BrFN3O7/c1-29(2,3)41-28(37)32-27-33(4)8-9-34(27)14-18-11-20-25(36)19(15-40-26(20)21(30)12-18)10-17-6-7-22(31)23(13-17)39-16-24(35)38-5/h6-9,11-13,19H,10,14-16H2,1-5H3/b32-27-/t19-/m0/s1. The Morgan fingerprint density at radius 3 is 2.63 bits per heavy atom. The molecule has 2 aromatic carbocycles. The number of halogens is 2. The number of amides is 1. The summed E-state index contributed by atoms with van der Waals surface area (Å²) in [5.41, 5.74) is 1.56. The number of ether oxygens (including phenoxy) is 4. The van der Waals surface area contributed by atoms with E-state index in [0.717, 1.165) is 5.56 Å². The highest BCUT2D eigenvalue weighted by Crippen LogP contribution is 2.37. The molecule has 2 heterocycles. The van der Waals surface area contributed by atoms with Crippen molar-refractivity contribution in [3.63, 3.8) is 0 Å². The maximum Gasteiger partial charge on any atom is 0.437 e. The largest absolute Gasteiger partial charge is 0.491 e. The highest BCUT2D eigenvalue weighted by atomic mass is 79.9. The Hall–Kier alpha value is -3.93. The van der Waals surface area contributed by atoms with Gasteiger partial charge in [0.2, 0.25) is 5.62 Å². The summed E-state index contributed by atoms with van der Waals surface area (Å²) in [5, 5.41) is 0. The number of carbonyl (C=O) groups is 3. The number of hydrogen-bond acceptors (Lipinski definition) is 7. The summed E-state index contributed by atoms with van der Waals surface area (Å²) in [7, 11) is 2.98. The molecule has 0 saturated heterocycles. The zero-order valence-electron chi connectivity index (χ0n) is 23.4. The number of methoxy groups -OCH3 is 1. The van der Waals surface area contributed by atoms with E-state index in [2.05, 4.69) is 25.7 Å². The third kappa shape index (κ3) is 7.43. The first-order chi connectivity index (χ1) is 19.3. The van der Waals surface area contributed by atoms with Gasteiger partial charge in [0.1, 0.15) is 11.4 Å². The molecule has 41 heavy (non-hydrogen) atoms. The molecule has 1 aliphatic heterocycles. The third-order valence-electron chi connectivity index (χ3n) is 6.20. The number of esters is 1. The van der Waals surface area contributed by atoms with Gasteiger partial charge in [0.15, 0.2) is 24.0 Å². The van der Waals surface area contributed by atoms with Crippen LogP contribution in [0, 0.1) is 11.7 Å². The van der Waals surface area contributed by atoms with Gasteiger partial charge >= 0.3 is 12.1 Å². The SMILES string of the molecule is COC(=O)COc1cc(C[C@H]2COc3c(Br)cc(Cn4ccn(C)/c4=N/C(=O)OC(C)(C)C)cc3C2=O)ccc1F. The van der Waals surface area contributed by atoms with Gasteiger partial charge in [0.25, 0.3) is 0 Å². The molecule has 0 aliphatic carbocycles. The van der Waals surface area contributed by atoms with Crippen molar-refractivity contribution in [2.45, 2.75) is 39.3 Å². The van der Waals surface area contributed by atoms with E-state index < -0.39 is 36.0 Å². The molecular weight excluding hydrogens is 601 g/mol. The number of benzene rings is 2. The maximum atomic E-state index is 14.2. The lowest BCUT2D eigenvalue weighted by molar-refractivity contribution is -0.142. The van der Waals surface area contributed by atoms with Crippen LogP contribution in [0.3, 0.4) is 0 Å². The number of ketones is 1. The minimum atomic E-state index is -0.703. The van der Waals surface area contributed by atoms with Crippen molar-refractivity contribution in [2.75, 3.05) is 20.3 Å². The van der Waals surface area contributed by atoms with Crippen molar-refractivity contribution < 1.29 is 37.7 Å². The van der Waals surface area contributed by atoms with E-state index in [1.807, 2.05) is 6.07 Å². The Kier molecular flexibility index (Phi) is 9.01. The van der Waals surface area contributed by atoms with Crippen LogP contribution in [0.2, 0.25) is 0 Å². The van der Waals surface area contributed by atoms with Crippen molar-refractivity contribution in [3.8, 4) is 11.5 Å². The second kappa shape index (κ2) is 12.3. The number of aryl methyl sites for hydroxylation is 1. The lowest BCUT2D eigenvalue weighted by atomic mass is 9.89. The van der Waals surface area contributed by atoms with Gasteiger partial charge in [-0.2, -0.15) is 0 Å². The minimum absolute atomic E-state index is 0.102. The van der Waals surface area contributed by atoms with Gasteiger partial charge in [-0.25, -0.2) is 14.0 Å². The first-order valence-corrected chi connectivity index (χ1v) is 13.6. The molecule has 4 rings (SSSR count). The zero-order chi connectivity index (χ0) is 29.9. The Morgan fingerprint density at radius 1 is 1.17 bits per heavy atom. The van der Waals surface area contributed by atoms with E-state index in [1.165, 1.54) is 19.2 Å². The summed E-state index contributed by atoms with van der Waals surface area (Å²) < 4.78 is 39.4. The molecule has 1 aliphatic rings. The maximum absolute atomic E-state index is 14.2. The molecular formula is C29H31BrFN3O7. The summed E-state index contributed by atoms with van der Waals surface area (Å²) in [6, 6.07) is 7.89. The molecule has 0 saturated carbocycles. The van der Waals surface area contributed by atoms with Crippen molar-refractivity contribution >= 4 is 33.8 Å². The quantitative estimate of drug-likeness (QED) is 0.351. The molecule has 1 amide bonds. The first kappa shape index (κ1) is 30.0. The average molecular weight is 632 g/mol. The van der Waals surface area contributed by atoms with Crippen LogP contribution in [0.4, 0.5) is 9.18 Å². The van der Waals surface area contributed by atoms with Gasteiger partial charge in [-0.15, -0.1) is 4.99 Å². The molecule has 0 radical (unpaired) electrons. The Labute approximate surface area is 244 Å². The van der Waals surface area contributed by atoms with E-state index in [1.54, 1.807) is 61.5 Å². The lowest BCUT2D eigenvalue weighted by Gasteiger charge is -2.26. The number of hydrogen-bond donors (Lipinski definition) is 0. The molecule has 3 aromatic rings. The topological polar surface area (TPSA) is 110 Å². The fraction of sp³-hybridized carbons (Fsp3) is 0.379. The number of aromatic nitrogens is 2. The molecule has 0 N–H and O–H groups in total. The monoisotopic (exact) mass is 631 g/mol. The van der Waals surface area contributed by atoms with Gasteiger partial charge in [-0.1, -0.05) is 6.07 Å². The normalized spacial score (nSPS) is 15.2. The fourth-order valence-corrected chi connectivity index (χ4v) is 4.94. The van der Waals surface area contributed by atoms with Crippen LogP contribution in [0.5, 0.6) is 11.5 Å². The molecule has 0 unspecified atom stereocenters. The number of imidazole rings is 1. The Morgan fingerprint density at radius 2 is 1.93 bits per heavy atom. The lowest BCUT2D eigenvalue weighted by Crippen LogP contribution is -2.30. The van der Waals surface area contributed by atoms with Crippen molar-refractivity contribution in [3.05, 3.63) is 75.3 Å². The minimum Gasteiger partial charge on any atom is -0.491 e. The van der Waals surface area contributed by atoms with E-state index in [9.17, 15) is 18.8 Å². The van der Waals surface area contributed by atoms with Crippen molar-refractivity contribution in [1.29, 1.82) is 0 Å². The predicted octanol–water partition coefficient (Wildman–Crippen LogP) is 4.60. The van der Waals surface area contributed by atoms with Crippen LogP contribution in [0.1, 0.15) is 42.3 Å². The molecule has 0 fully saturated rings. The Bertz CT molecular complexity index is 1550. The number of carbonyl (C=O) groups excluding carboxylic acids is 3. The van der Waals surface area contributed by atoms with E-state index >= 15 is 0 Å². The molecule has 10 nitrogen and oxygen atoms in total. The summed E-state index contributed by atoms with van der Waals surface area (Å²) in [5.74, 6) is -1.55. The highest BCUT2D eigenvalue weighted by molar-refractivity contribution is 9.10. The van der Waals surface area contributed by atoms with Crippen LogP contribution < -0.4 is 15.1 Å². The summed E-state index contributed by atoms with van der Waals surface area (Å²) >= 11 is 3.52. The van der Waals surface area contributed by atoms with Crippen molar-refractivity contribution in [2.24, 2.45) is 18.0 Å². The second-order valence-corrected chi connectivity index (χ2v) is 11.4. The van der Waals surface area contributed by atoms with Crippen LogP contribution in [-0.4, -0.2) is 52.9 Å². The Balaban J connectivity index is 1.55. The third-order valence-corrected chi connectivity index (χ3v) is 6.79. The molecule has 12 heteroatoms. The number of fused-ring (bicyclic) bond motifs is 1. The highest BCUT2D eigenvalue weighted by Gasteiger charge is 2.31. The van der Waals surface area contributed by atoms with Gasteiger partial charge in [-0.3, -0.25) is 4.79 Å². The zero-order valence-corrected chi connectivity index (χ0v) is 25.0. The molecule has 1 atom stereocenters. The van der Waals surface area contributed by atoms with E-state index in [-0.39, 0.29) is 24.6 Å². The van der Waals surface area contributed by atoms with Crippen LogP contribution in [-0.2, 0) is 34.3 Å². The van der Waals surface area contributed by atoms with Gasteiger partial charge in [-0.05, 0) is 78.5 Å². The average Bonchev–Trinajstić information content (AvgIpc) is 3.23. The second-order valence-electron chi connectivity index (χ2n) is 10.6. The van der Waals surface area contributed by atoms with Crippen LogP contribution >= 0.6 is 15.9 Å². The summed E-state index contributed by atoms with van der Waals surface area (Å²) in [6.45, 7) is 5.34. The molecule has 1 aromatic heterocycles. The van der Waals surface area contributed by atoms with Crippen molar-refractivity contribution in [1.82, 2.24) is 9.13 Å². The van der Waals surface area contributed by atoms with Gasteiger partial charge in [0, 0.05) is 19.4 Å². The van der Waals surface area contributed by atoms with E-state index in [0.29, 0.717) is 33.5 Å².